The SMILES string of the molecule is C[C@H](NC(=O)OC(C)(C)C)C(=O)NC1C[C@@H](C(=O)O)N(C(=O)OC(C)(C)C)C1. The molecule has 0 bridgehead atoms. The van der Waals surface area contributed by atoms with E-state index in [0.717, 1.165) is 4.90 Å². The van der Waals surface area contributed by atoms with E-state index in [0.29, 0.717) is 0 Å². The van der Waals surface area contributed by atoms with Crippen LogP contribution in [-0.4, -0.2) is 69.9 Å². The molecule has 1 heterocycles. The fraction of sp³-hybridized carbons (Fsp3) is 0.778. The predicted molar refractivity (Wildman–Crippen MR) is 99.7 cm³/mol. The van der Waals surface area contributed by atoms with E-state index in [4.69, 9.17) is 9.47 Å². The molecule has 10 heteroatoms. The number of carbonyl (C=O) groups is 4. The summed E-state index contributed by atoms with van der Waals surface area (Å²) in [6, 6.07) is -2.58. The number of alkyl carbamates (subject to hydrolysis) is 1. The maximum Gasteiger partial charge on any atom is 0.411 e. The molecule has 0 radical (unpaired) electrons. The van der Waals surface area contributed by atoms with Crippen molar-refractivity contribution in [3.8, 4) is 0 Å². The van der Waals surface area contributed by atoms with Gasteiger partial charge in [0.25, 0.3) is 0 Å². The van der Waals surface area contributed by atoms with Gasteiger partial charge in [0, 0.05) is 19.0 Å². The maximum absolute atomic E-state index is 12.3. The van der Waals surface area contributed by atoms with Crippen molar-refractivity contribution in [2.75, 3.05) is 6.54 Å². The number of rotatable bonds is 4. The lowest BCUT2D eigenvalue weighted by Gasteiger charge is -2.26. The van der Waals surface area contributed by atoms with Gasteiger partial charge in [-0.25, -0.2) is 14.4 Å². The Labute approximate surface area is 164 Å². The first kappa shape index (κ1) is 23.5. The summed E-state index contributed by atoms with van der Waals surface area (Å²) in [5.74, 6) is -1.69. The van der Waals surface area contributed by atoms with Gasteiger partial charge in [-0.1, -0.05) is 0 Å². The zero-order chi connectivity index (χ0) is 21.9. The van der Waals surface area contributed by atoms with Crippen LogP contribution in [0.1, 0.15) is 54.9 Å². The van der Waals surface area contributed by atoms with Crippen LogP contribution in [0.25, 0.3) is 0 Å². The number of aliphatic carboxylic acids is 1. The zero-order valence-corrected chi connectivity index (χ0v) is 17.5. The van der Waals surface area contributed by atoms with E-state index in [9.17, 15) is 24.3 Å². The quantitative estimate of drug-likeness (QED) is 0.649. The Bertz CT molecular complexity index is 622. The molecule has 28 heavy (non-hydrogen) atoms. The molecule has 160 valence electrons. The van der Waals surface area contributed by atoms with Crippen molar-refractivity contribution in [2.45, 2.75) is 84.2 Å². The van der Waals surface area contributed by atoms with Crippen LogP contribution in [0.4, 0.5) is 9.59 Å². The van der Waals surface area contributed by atoms with Crippen molar-refractivity contribution in [1.29, 1.82) is 0 Å². The monoisotopic (exact) mass is 401 g/mol. The molecular formula is C18H31N3O7. The van der Waals surface area contributed by atoms with E-state index >= 15 is 0 Å². The van der Waals surface area contributed by atoms with E-state index in [1.165, 1.54) is 6.92 Å². The molecule has 3 atom stereocenters. The fourth-order valence-electron chi connectivity index (χ4n) is 2.57. The minimum absolute atomic E-state index is 0.00320. The highest BCUT2D eigenvalue weighted by molar-refractivity contribution is 5.86. The summed E-state index contributed by atoms with van der Waals surface area (Å²) < 4.78 is 10.3. The van der Waals surface area contributed by atoms with Crippen LogP contribution in [0.2, 0.25) is 0 Å². The highest BCUT2D eigenvalue weighted by Gasteiger charge is 2.42. The summed E-state index contributed by atoms with van der Waals surface area (Å²) in [7, 11) is 0. The fourth-order valence-corrected chi connectivity index (χ4v) is 2.57. The van der Waals surface area contributed by atoms with Gasteiger partial charge in [-0.2, -0.15) is 0 Å². The lowest BCUT2D eigenvalue weighted by molar-refractivity contribution is -0.142. The Morgan fingerprint density at radius 2 is 1.57 bits per heavy atom. The Kier molecular flexibility index (Phi) is 7.27. The van der Waals surface area contributed by atoms with Crippen LogP contribution in [0, 0.1) is 0 Å². The molecule has 0 aromatic carbocycles. The molecule has 1 aliphatic heterocycles. The second-order valence-corrected chi connectivity index (χ2v) is 8.80. The Morgan fingerprint density at radius 1 is 1.04 bits per heavy atom. The molecule has 1 saturated heterocycles. The Morgan fingerprint density at radius 3 is 2.04 bits per heavy atom. The van der Waals surface area contributed by atoms with Crippen LogP contribution in [0.5, 0.6) is 0 Å². The molecule has 1 rings (SSSR count). The van der Waals surface area contributed by atoms with Crippen molar-refractivity contribution >= 4 is 24.1 Å². The second-order valence-electron chi connectivity index (χ2n) is 8.80. The molecule has 0 saturated carbocycles. The third-order valence-electron chi connectivity index (χ3n) is 3.69. The lowest BCUT2D eigenvalue weighted by Crippen LogP contribution is -2.50. The molecule has 0 aromatic heterocycles. The van der Waals surface area contributed by atoms with Crippen molar-refractivity contribution < 1.29 is 33.8 Å². The van der Waals surface area contributed by atoms with Gasteiger partial charge in [-0.15, -0.1) is 0 Å². The van der Waals surface area contributed by atoms with E-state index in [2.05, 4.69) is 10.6 Å². The molecule has 3 N–H and O–H groups in total. The normalized spacial score (nSPS) is 20.9. The summed E-state index contributed by atoms with van der Waals surface area (Å²) in [5.41, 5.74) is -1.47. The average molecular weight is 401 g/mol. The van der Waals surface area contributed by atoms with Gasteiger partial charge in [0.1, 0.15) is 23.3 Å². The highest BCUT2D eigenvalue weighted by atomic mass is 16.6. The van der Waals surface area contributed by atoms with Crippen molar-refractivity contribution in [3.63, 3.8) is 0 Å². The van der Waals surface area contributed by atoms with Crippen LogP contribution >= 0.6 is 0 Å². The van der Waals surface area contributed by atoms with Crippen LogP contribution in [0.3, 0.4) is 0 Å². The molecule has 10 nitrogen and oxygen atoms in total. The molecular weight excluding hydrogens is 370 g/mol. The molecule has 3 amide bonds. The molecule has 0 aromatic rings. The third kappa shape index (κ3) is 7.61. The number of amides is 3. The van der Waals surface area contributed by atoms with Gasteiger partial charge < -0.3 is 25.2 Å². The van der Waals surface area contributed by atoms with E-state index in [1.54, 1.807) is 41.5 Å². The number of nitrogens with zero attached hydrogens (tertiary/aromatic N) is 1. The van der Waals surface area contributed by atoms with Gasteiger partial charge >= 0.3 is 18.2 Å². The van der Waals surface area contributed by atoms with E-state index in [-0.39, 0.29) is 13.0 Å². The van der Waals surface area contributed by atoms with E-state index in [1.807, 2.05) is 0 Å². The highest BCUT2D eigenvalue weighted by Crippen LogP contribution is 2.22. The van der Waals surface area contributed by atoms with Crippen molar-refractivity contribution in [3.05, 3.63) is 0 Å². The molecule has 1 unspecified atom stereocenters. The number of carboxylic acids is 1. The maximum atomic E-state index is 12.3. The van der Waals surface area contributed by atoms with Gasteiger partial charge in [-0.3, -0.25) is 9.69 Å². The number of hydrogen-bond donors (Lipinski definition) is 3. The minimum Gasteiger partial charge on any atom is -0.480 e. The number of carbonyl (C=O) groups excluding carboxylic acids is 3. The predicted octanol–water partition coefficient (Wildman–Crippen LogP) is 1.48. The summed E-state index contributed by atoms with van der Waals surface area (Å²) in [4.78, 5) is 48.9. The third-order valence-corrected chi connectivity index (χ3v) is 3.69. The van der Waals surface area contributed by atoms with Crippen LogP contribution < -0.4 is 10.6 Å². The first-order valence-electron chi connectivity index (χ1n) is 9.11. The Balaban J connectivity index is 2.68. The molecule has 1 aliphatic rings. The largest absolute Gasteiger partial charge is 0.480 e. The molecule has 0 spiro atoms. The lowest BCUT2D eigenvalue weighted by atomic mass is 10.1. The number of carboxylic acid groups (broad SMARTS) is 1. The Hall–Kier alpha value is -2.52. The van der Waals surface area contributed by atoms with E-state index < -0.39 is 53.4 Å². The second kappa shape index (κ2) is 8.66. The number of likely N-dealkylation sites (tertiary alicyclic amines) is 1. The minimum atomic E-state index is -1.18. The van der Waals surface area contributed by atoms with Gasteiger partial charge in [0.2, 0.25) is 5.91 Å². The first-order valence-corrected chi connectivity index (χ1v) is 9.11. The number of ether oxygens (including phenoxy) is 2. The van der Waals surface area contributed by atoms with Gasteiger partial charge in [-0.05, 0) is 48.5 Å². The topological polar surface area (TPSA) is 134 Å². The van der Waals surface area contributed by atoms with Gasteiger partial charge in [0.15, 0.2) is 0 Å². The molecule has 0 aliphatic carbocycles. The number of nitrogens with one attached hydrogen (secondary N) is 2. The summed E-state index contributed by atoms with van der Waals surface area (Å²) in [6.45, 7) is 11.6. The summed E-state index contributed by atoms with van der Waals surface area (Å²) >= 11 is 0. The molecule has 1 fully saturated rings. The van der Waals surface area contributed by atoms with Crippen LogP contribution in [-0.2, 0) is 19.1 Å². The van der Waals surface area contributed by atoms with Crippen LogP contribution in [0.15, 0.2) is 0 Å². The van der Waals surface area contributed by atoms with Gasteiger partial charge in [0.05, 0.1) is 0 Å². The summed E-state index contributed by atoms with van der Waals surface area (Å²) in [6.07, 6.45) is -1.45. The number of hydrogen-bond acceptors (Lipinski definition) is 6. The van der Waals surface area contributed by atoms with Crippen molar-refractivity contribution in [2.24, 2.45) is 0 Å². The zero-order valence-electron chi connectivity index (χ0n) is 17.5. The standard InChI is InChI=1S/C18H31N3O7/c1-10(19-15(25)27-17(2,3)4)13(22)20-11-8-12(14(23)24)21(9-11)16(26)28-18(5,6)7/h10-12H,8-9H2,1-7H3,(H,19,25)(H,20,22)(H,23,24)/t10-,11?,12-/m0/s1. The van der Waals surface area contributed by atoms with Crippen molar-refractivity contribution in [1.82, 2.24) is 15.5 Å². The average Bonchev–Trinajstić information content (AvgIpc) is 2.87. The summed E-state index contributed by atoms with van der Waals surface area (Å²) in [5, 5.41) is 14.5. The smallest absolute Gasteiger partial charge is 0.411 e. The first-order chi connectivity index (χ1) is 12.6.